The van der Waals surface area contributed by atoms with Crippen LogP contribution in [0.1, 0.15) is 0 Å². The number of nitrogens with two attached hydrogens (primary N) is 1. The zero-order valence-corrected chi connectivity index (χ0v) is 13.0. The molecule has 2 aromatic carbocycles. The highest BCUT2D eigenvalue weighted by Gasteiger charge is 2.16. The van der Waals surface area contributed by atoms with Crippen molar-refractivity contribution in [2.75, 3.05) is 5.73 Å². The van der Waals surface area contributed by atoms with Crippen molar-refractivity contribution in [3.05, 3.63) is 63.9 Å². The number of fused-ring (bicyclic) bond motifs is 1. The predicted octanol–water partition coefficient (Wildman–Crippen LogP) is 2.41. The quantitative estimate of drug-likeness (QED) is 0.584. The second-order valence-electron chi connectivity index (χ2n) is 5.14. The van der Waals surface area contributed by atoms with Crippen molar-refractivity contribution < 1.29 is 0 Å². The third kappa shape index (κ3) is 2.31. The van der Waals surface area contributed by atoms with Gasteiger partial charge in [-0.15, -0.1) is 5.10 Å². The van der Waals surface area contributed by atoms with Crippen molar-refractivity contribution in [1.82, 2.24) is 25.0 Å². The Morgan fingerprint density at radius 3 is 2.62 bits per heavy atom. The Hall–Kier alpha value is -3.19. The Kier molecular flexibility index (Phi) is 3.28. The molecule has 0 bridgehead atoms. The number of aromatic amines is 1. The van der Waals surface area contributed by atoms with E-state index in [0.29, 0.717) is 27.3 Å². The van der Waals surface area contributed by atoms with Gasteiger partial charge in [-0.2, -0.15) is 4.68 Å². The molecule has 0 atom stereocenters. The van der Waals surface area contributed by atoms with E-state index in [1.54, 1.807) is 42.5 Å². The molecule has 4 aromatic rings. The van der Waals surface area contributed by atoms with E-state index in [0.717, 1.165) is 0 Å². The summed E-state index contributed by atoms with van der Waals surface area (Å²) in [5, 5.41) is 9.21. The van der Waals surface area contributed by atoms with Gasteiger partial charge in [0.1, 0.15) is 0 Å². The normalized spacial score (nSPS) is 11.0. The molecule has 0 unspecified atom stereocenters. The van der Waals surface area contributed by atoms with E-state index in [-0.39, 0.29) is 17.2 Å². The lowest BCUT2D eigenvalue weighted by molar-refractivity contribution is 0.810. The van der Waals surface area contributed by atoms with Crippen molar-refractivity contribution in [3.8, 4) is 17.2 Å². The lowest BCUT2D eigenvalue weighted by atomic mass is 10.2. The molecule has 24 heavy (non-hydrogen) atoms. The van der Waals surface area contributed by atoms with Gasteiger partial charge >= 0.3 is 0 Å². The number of aromatic nitrogens is 5. The number of nitrogens with zero attached hydrogens (tertiary/aromatic N) is 4. The predicted molar refractivity (Wildman–Crippen MR) is 92.1 cm³/mol. The highest BCUT2D eigenvalue weighted by Crippen LogP contribution is 2.23. The Morgan fingerprint density at radius 2 is 1.83 bits per heavy atom. The minimum atomic E-state index is -0.254. The van der Waals surface area contributed by atoms with E-state index in [4.69, 9.17) is 17.3 Å². The van der Waals surface area contributed by atoms with Crippen LogP contribution in [0.15, 0.2) is 53.3 Å². The highest BCUT2D eigenvalue weighted by atomic mass is 35.5. The third-order valence-corrected chi connectivity index (χ3v) is 3.87. The van der Waals surface area contributed by atoms with E-state index in [2.05, 4.69) is 20.3 Å². The molecule has 0 spiro atoms. The van der Waals surface area contributed by atoms with Crippen LogP contribution in [-0.2, 0) is 0 Å². The number of para-hydroxylation sites is 1. The molecule has 0 saturated heterocycles. The molecule has 3 N–H and O–H groups in total. The van der Waals surface area contributed by atoms with Crippen molar-refractivity contribution in [3.63, 3.8) is 0 Å². The second kappa shape index (κ2) is 5.47. The molecule has 4 rings (SSSR count). The van der Waals surface area contributed by atoms with E-state index < -0.39 is 0 Å². The SMILES string of the molecule is Nc1c(-c2nc3ccccc3c(=O)[nH]2)nnn1-c1ccc(Cl)cc1. The van der Waals surface area contributed by atoms with Gasteiger partial charge in [0.2, 0.25) is 0 Å². The second-order valence-corrected chi connectivity index (χ2v) is 5.58. The van der Waals surface area contributed by atoms with Gasteiger partial charge in [0.05, 0.1) is 16.6 Å². The first kappa shape index (κ1) is 14.4. The Balaban J connectivity index is 1.86. The maximum Gasteiger partial charge on any atom is 0.259 e. The van der Waals surface area contributed by atoms with Gasteiger partial charge in [-0.3, -0.25) is 4.79 Å². The molecule has 0 aliphatic carbocycles. The molecular weight excluding hydrogens is 328 g/mol. The lowest BCUT2D eigenvalue weighted by Crippen LogP contribution is -2.10. The molecule has 0 aliphatic heterocycles. The van der Waals surface area contributed by atoms with Gasteiger partial charge < -0.3 is 10.7 Å². The molecule has 0 radical (unpaired) electrons. The molecule has 7 nitrogen and oxygen atoms in total. The van der Waals surface area contributed by atoms with E-state index >= 15 is 0 Å². The third-order valence-electron chi connectivity index (χ3n) is 3.61. The molecule has 2 heterocycles. The number of anilines is 1. The number of H-pyrrole nitrogens is 1. The van der Waals surface area contributed by atoms with Crippen LogP contribution >= 0.6 is 11.6 Å². The fraction of sp³-hybridized carbons (Fsp3) is 0. The standard InChI is InChI=1S/C16H11ClN6O/c17-9-5-7-10(8-6-9)23-14(18)13(21-22-23)15-19-12-4-2-1-3-11(12)16(24)20-15/h1-8H,18H2,(H,19,20,24). The topological polar surface area (TPSA) is 102 Å². The monoisotopic (exact) mass is 338 g/mol. The summed E-state index contributed by atoms with van der Waals surface area (Å²) in [6, 6.07) is 14.1. The molecule has 0 fully saturated rings. The number of hydrogen-bond acceptors (Lipinski definition) is 5. The highest BCUT2D eigenvalue weighted by molar-refractivity contribution is 6.30. The minimum absolute atomic E-state index is 0.254. The lowest BCUT2D eigenvalue weighted by Gasteiger charge is -2.04. The Labute approximate surface area is 140 Å². The molecule has 2 aromatic heterocycles. The molecule has 0 saturated carbocycles. The Morgan fingerprint density at radius 1 is 1.08 bits per heavy atom. The van der Waals surface area contributed by atoms with Crippen LogP contribution < -0.4 is 11.3 Å². The van der Waals surface area contributed by atoms with Crippen LogP contribution in [0.2, 0.25) is 5.02 Å². The van der Waals surface area contributed by atoms with Gasteiger partial charge in [0.15, 0.2) is 17.3 Å². The number of halogens is 1. The number of rotatable bonds is 2. The fourth-order valence-electron chi connectivity index (χ4n) is 2.43. The number of nitrogens with one attached hydrogen (secondary N) is 1. The molecule has 118 valence electrons. The van der Waals surface area contributed by atoms with Crippen molar-refractivity contribution in [1.29, 1.82) is 0 Å². The molecule has 8 heteroatoms. The fourth-order valence-corrected chi connectivity index (χ4v) is 2.56. The maximum atomic E-state index is 12.2. The number of hydrogen-bond donors (Lipinski definition) is 2. The van der Waals surface area contributed by atoms with Crippen LogP contribution in [-0.4, -0.2) is 25.0 Å². The zero-order chi connectivity index (χ0) is 16.7. The number of nitrogen functional groups attached to an aromatic ring is 1. The molecule has 0 aliphatic rings. The average molecular weight is 339 g/mol. The van der Waals surface area contributed by atoms with E-state index in [9.17, 15) is 4.79 Å². The summed E-state index contributed by atoms with van der Waals surface area (Å²) in [6.07, 6.45) is 0. The van der Waals surface area contributed by atoms with Gasteiger partial charge in [-0.1, -0.05) is 28.9 Å². The Bertz CT molecular complexity index is 1100. The van der Waals surface area contributed by atoms with E-state index in [1.807, 2.05) is 6.07 Å². The summed E-state index contributed by atoms with van der Waals surface area (Å²) >= 11 is 5.89. The van der Waals surface area contributed by atoms with Gasteiger partial charge in [-0.05, 0) is 36.4 Å². The van der Waals surface area contributed by atoms with Crippen LogP contribution in [0, 0.1) is 0 Å². The summed E-state index contributed by atoms with van der Waals surface area (Å²) in [5.74, 6) is 0.548. The van der Waals surface area contributed by atoms with Crippen molar-refractivity contribution in [2.45, 2.75) is 0 Å². The average Bonchev–Trinajstić information content (AvgIpc) is 2.97. The van der Waals surface area contributed by atoms with Gasteiger partial charge in [0.25, 0.3) is 5.56 Å². The summed E-state index contributed by atoms with van der Waals surface area (Å²) < 4.78 is 1.46. The van der Waals surface area contributed by atoms with Crippen molar-refractivity contribution in [2.24, 2.45) is 0 Å². The van der Waals surface area contributed by atoms with Crippen LogP contribution in [0.25, 0.3) is 28.1 Å². The maximum absolute atomic E-state index is 12.2. The largest absolute Gasteiger partial charge is 0.382 e. The summed E-state index contributed by atoms with van der Waals surface area (Å²) in [7, 11) is 0. The first-order valence-electron chi connectivity index (χ1n) is 7.10. The molecular formula is C16H11ClN6O. The zero-order valence-electron chi connectivity index (χ0n) is 12.3. The first-order chi connectivity index (χ1) is 11.6. The van der Waals surface area contributed by atoms with Crippen LogP contribution in [0.3, 0.4) is 0 Å². The smallest absolute Gasteiger partial charge is 0.259 e. The summed E-state index contributed by atoms with van der Waals surface area (Å²) in [6.45, 7) is 0. The van der Waals surface area contributed by atoms with Crippen molar-refractivity contribution >= 4 is 28.3 Å². The van der Waals surface area contributed by atoms with Gasteiger partial charge in [-0.25, -0.2) is 4.98 Å². The minimum Gasteiger partial charge on any atom is -0.382 e. The number of benzene rings is 2. The van der Waals surface area contributed by atoms with Crippen LogP contribution in [0.4, 0.5) is 5.82 Å². The van der Waals surface area contributed by atoms with Gasteiger partial charge in [0, 0.05) is 5.02 Å². The summed E-state index contributed by atoms with van der Waals surface area (Å²) in [5.41, 5.74) is 7.48. The molecule has 0 amide bonds. The van der Waals surface area contributed by atoms with Crippen LogP contribution in [0.5, 0.6) is 0 Å². The first-order valence-corrected chi connectivity index (χ1v) is 7.48. The van der Waals surface area contributed by atoms with E-state index in [1.165, 1.54) is 4.68 Å². The summed E-state index contributed by atoms with van der Waals surface area (Å²) in [4.78, 5) is 19.3.